The monoisotopic (exact) mass is 495 g/mol. The summed E-state index contributed by atoms with van der Waals surface area (Å²) in [6, 6.07) is 6.20. The number of thioether (sulfide) groups is 1. The van der Waals surface area contributed by atoms with Gasteiger partial charge >= 0.3 is 0 Å². The molecule has 0 bridgehead atoms. The summed E-state index contributed by atoms with van der Waals surface area (Å²) in [7, 11) is 0. The fourth-order valence-corrected chi connectivity index (χ4v) is 9.85. The first-order valence-corrected chi connectivity index (χ1v) is 15.0. The van der Waals surface area contributed by atoms with Crippen molar-refractivity contribution in [3.63, 3.8) is 0 Å². The summed E-state index contributed by atoms with van der Waals surface area (Å²) in [5, 5.41) is 19.5. The zero-order valence-electron chi connectivity index (χ0n) is 21.8. The molecule has 0 radical (unpaired) electrons. The maximum Gasteiger partial charge on any atom is 0.157 e. The second-order valence-electron chi connectivity index (χ2n) is 13.1. The maximum atomic E-state index is 13.7. The Bertz CT molecular complexity index is 1140. The van der Waals surface area contributed by atoms with E-state index < -0.39 is 5.60 Å². The second-order valence-corrected chi connectivity index (χ2v) is 14.0. The minimum Gasteiger partial charge on any atom is -0.390 e. The van der Waals surface area contributed by atoms with E-state index in [2.05, 4.69) is 48.6 Å². The van der Waals surface area contributed by atoms with Crippen molar-refractivity contribution in [3.8, 4) is 0 Å². The van der Waals surface area contributed by atoms with Crippen LogP contribution in [0.3, 0.4) is 0 Å². The highest BCUT2D eigenvalue weighted by molar-refractivity contribution is 7.98. The topological polar surface area (TPSA) is 68.0 Å². The fourth-order valence-electron chi connectivity index (χ4n) is 9.41. The Labute approximate surface area is 213 Å². The van der Waals surface area contributed by atoms with Crippen molar-refractivity contribution in [1.82, 2.24) is 15.0 Å². The molecule has 35 heavy (non-hydrogen) atoms. The van der Waals surface area contributed by atoms with Crippen LogP contribution in [-0.4, -0.2) is 37.7 Å². The summed E-state index contributed by atoms with van der Waals surface area (Å²) in [6.45, 7) is 7.37. The quantitative estimate of drug-likeness (QED) is 0.517. The number of hydrogen-bond donors (Lipinski definition) is 1. The summed E-state index contributed by atoms with van der Waals surface area (Å²) in [5.41, 5.74) is 1.83. The van der Waals surface area contributed by atoms with Crippen molar-refractivity contribution in [2.75, 3.05) is 6.26 Å². The fraction of sp³-hybridized carbons (Fsp3) is 0.759. The summed E-state index contributed by atoms with van der Waals surface area (Å²) in [4.78, 5) is 14.9. The zero-order chi connectivity index (χ0) is 24.6. The number of aromatic nitrogens is 3. The Morgan fingerprint density at radius 3 is 2.66 bits per heavy atom. The number of aliphatic hydroxyl groups is 1. The summed E-state index contributed by atoms with van der Waals surface area (Å²) < 4.78 is 1.82. The first kappa shape index (κ1) is 24.0. The molecule has 4 aliphatic carbocycles. The van der Waals surface area contributed by atoms with Gasteiger partial charge in [-0.2, -0.15) is 0 Å². The lowest BCUT2D eigenvalue weighted by molar-refractivity contribution is -0.151. The highest BCUT2D eigenvalue weighted by atomic mass is 32.2. The number of carbonyl (C=O) groups excluding carboxylic acids is 1. The lowest BCUT2D eigenvalue weighted by Crippen LogP contribution is -2.55. The van der Waals surface area contributed by atoms with Gasteiger partial charge in [0, 0.05) is 10.8 Å². The van der Waals surface area contributed by atoms with Crippen molar-refractivity contribution in [2.45, 2.75) is 95.6 Å². The Morgan fingerprint density at radius 1 is 1.06 bits per heavy atom. The van der Waals surface area contributed by atoms with Gasteiger partial charge in [-0.25, -0.2) is 4.68 Å². The van der Waals surface area contributed by atoms with E-state index in [4.69, 9.17) is 0 Å². The van der Waals surface area contributed by atoms with Crippen LogP contribution in [0.1, 0.15) is 78.6 Å². The number of nitrogens with zero attached hydrogens (tertiary/aromatic N) is 3. The van der Waals surface area contributed by atoms with Crippen LogP contribution in [-0.2, 0) is 11.3 Å². The number of carbonyl (C=O) groups is 1. The Kier molecular flexibility index (Phi) is 5.69. The van der Waals surface area contributed by atoms with Crippen LogP contribution in [0.25, 0.3) is 11.0 Å². The molecule has 0 unspecified atom stereocenters. The van der Waals surface area contributed by atoms with Gasteiger partial charge < -0.3 is 5.11 Å². The van der Waals surface area contributed by atoms with Gasteiger partial charge in [0.25, 0.3) is 0 Å². The van der Waals surface area contributed by atoms with Gasteiger partial charge in [-0.1, -0.05) is 19.1 Å². The molecular formula is C29H41N3O2S. The van der Waals surface area contributed by atoms with Gasteiger partial charge in [0.05, 0.1) is 11.1 Å². The molecule has 1 aromatic carbocycles. The maximum absolute atomic E-state index is 13.7. The van der Waals surface area contributed by atoms with Crippen LogP contribution in [0.2, 0.25) is 0 Å². The van der Waals surface area contributed by atoms with E-state index in [-0.39, 0.29) is 11.3 Å². The van der Waals surface area contributed by atoms with Crippen LogP contribution in [0, 0.1) is 40.4 Å². The third-order valence-corrected chi connectivity index (χ3v) is 12.1. The van der Waals surface area contributed by atoms with Crippen molar-refractivity contribution in [2.24, 2.45) is 40.4 Å². The second kappa shape index (κ2) is 8.31. The zero-order valence-corrected chi connectivity index (χ0v) is 22.6. The Balaban J connectivity index is 1.21. The van der Waals surface area contributed by atoms with E-state index in [1.807, 2.05) is 11.6 Å². The van der Waals surface area contributed by atoms with Gasteiger partial charge in [0.2, 0.25) is 0 Å². The summed E-state index contributed by atoms with van der Waals surface area (Å²) >= 11 is 1.70. The van der Waals surface area contributed by atoms with Crippen molar-refractivity contribution in [1.29, 1.82) is 0 Å². The highest BCUT2D eigenvalue weighted by Crippen LogP contribution is 2.68. The first-order chi connectivity index (χ1) is 16.6. The molecular weight excluding hydrogens is 454 g/mol. The molecule has 8 atom stereocenters. The number of rotatable bonds is 4. The standard InChI is InChI=1S/C29H41N3O2S/c1-27(34)13-14-28(2)18(16-27)5-7-20-21-8-9-23(29(21,3)12-11-22(20)28)26(33)17-32-25-10-6-19(35-4)15-24(25)30-31-32/h6,10,15,18,20-23,34H,5,7-9,11-14,16-17H2,1-4H3/t18-,20+,21+,22+,23-,27-,28+,29+/m1/s1. The third-order valence-electron chi connectivity index (χ3n) is 11.4. The molecule has 1 N–H and O–H groups in total. The van der Waals surface area contributed by atoms with E-state index in [1.54, 1.807) is 11.8 Å². The van der Waals surface area contributed by atoms with E-state index in [0.717, 1.165) is 48.6 Å². The molecule has 2 aromatic rings. The smallest absolute Gasteiger partial charge is 0.157 e. The molecule has 4 fully saturated rings. The predicted molar refractivity (Wildman–Crippen MR) is 140 cm³/mol. The number of fused-ring (bicyclic) bond motifs is 6. The van der Waals surface area contributed by atoms with E-state index in [9.17, 15) is 9.90 Å². The lowest BCUT2D eigenvalue weighted by Gasteiger charge is -2.61. The van der Waals surface area contributed by atoms with Gasteiger partial charge in [0.15, 0.2) is 5.78 Å². The number of hydrogen-bond acceptors (Lipinski definition) is 5. The largest absolute Gasteiger partial charge is 0.390 e. The molecule has 1 aromatic heterocycles. The average molecular weight is 496 g/mol. The van der Waals surface area contributed by atoms with Crippen LogP contribution < -0.4 is 0 Å². The molecule has 0 spiro atoms. The minimum atomic E-state index is -0.479. The van der Waals surface area contributed by atoms with E-state index >= 15 is 0 Å². The highest BCUT2D eigenvalue weighted by Gasteiger charge is 2.61. The number of Topliss-reactive ketones (excluding diaryl/α,β-unsaturated/α-hetero) is 1. The van der Waals surface area contributed by atoms with Gasteiger partial charge in [-0.15, -0.1) is 16.9 Å². The molecule has 4 saturated carbocycles. The van der Waals surface area contributed by atoms with Gasteiger partial charge in [0.1, 0.15) is 12.1 Å². The summed E-state index contributed by atoms with van der Waals surface area (Å²) in [5.74, 6) is 3.30. The minimum absolute atomic E-state index is 0.115. The number of ketones is 1. The van der Waals surface area contributed by atoms with Crippen molar-refractivity contribution < 1.29 is 9.90 Å². The predicted octanol–water partition coefficient (Wildman–Crippen LogP) is 6.13. The molecule has 0 aliphatic heterocycles. The lowest BCUT2D eigenvalue weighted by atomic mass is 9.44. The van der Waals surface area contributed by atoms with Crippen molar-refractivity contribution in [3.05, 3.63) is 18.2 Å². The molecule has 6 rings (SSSR count). The van der Waals surface area contributed by atoms with Crippen LogP contribution in [0.5, 0.6) is 0 Å². The molecule has 190 valence electrons. The van der Waals surface area contributed by atoms with Gasteiger partial charge in [-0.3, -0.25) is 4.79 Å². The Morgan fingerprint density at radius 2 is 1.86 bits per heavy atom. The van der Waals surface area contributed by atoms with Crippen molar-refractivity contribution >= 4 is 28.6 Å². The third kappa shape index (κ3) is 3.72. The summed E-state index contributed by atoms with van der Waals surface area (Å²) in [6.07, 6.45) is 12.3. The Hall–Kier alpha value is -1.40. The molecule has 0 amide bonds. The molecule has 1 heterocycles. The van der Waals surface area contributed by atoms with Crippen LogP contribution in [0.15, 0.2) is 23.1 Å². The van der Waals surface area contributed by atoms with E-state index in [0.29, 0.717) is 29.6 Å². The van der Waals surface area contributed by atoms with Crippen LogP contribution >= 0.6 is 11.8 Å². The average Bonchev–Trinajstić information content (AvgIpc) is 3.39. The normalized spacial score (nSPS) is 42.9. The molecule has 5 nitrogen and oxygen atoms in total. The van der Waals surface area contributed by atoms with E-state index in [1.165, 1.54) is 37.0 Å². The van der Waals surface area contributed by atoms with Crippen LogP contribution in [0.4, 0.5) is 0 Å². The number of benzene rings is 1. The SMILES string of the molecule is CSc1ccc2c(c1)nnn2CC(=O)[C@H]1CC[C@H]2[C@@H]3CC[C@@H]4C[C@](C)(O)CC[C@]4(C)[C@H]3CC[C@]12C. The first-order valence-electron chi connectivity index (χ1n) is 13.8. The molecule has 6 heteroatoms. The molecule has 0 saturated heterocycles. The molecule has 4 aliphatic rings. The van der Waals surface area contributed by atoms with Gasteiger partial charge in [-0.05, 0) is 124 Å².